The Hall–Kier alpha value is -3.47. The number of carbonyl (C=O) groups is 2. The Kier molecular flexibility index (Phi) is 6.54. The molecule has 186 valence electrons. The number of amides is 2. The number of halogens is 3. The molecule has 4 heterocycles. The molecule has 1 fully saturated rings. The molecular weight excluding hydrogens is 463 g/mol. The SMILES string of the molecule is CC(C)(C)NC(=O)c1cc2nc(C3CCOCC3)cn2cc1NC(=O)c1cccc(C(F)(F)F)n1. The lowest BCUT2D eigenvalue weighted by atomic mass is 9.97. The van der Waals surface area contributed by atoms with Gasteiger partial charge in [-0.3, -0.25) is 9.59 Å². The van der Waals surface area contributed by atoms with Crippen LogP contribution in [-0.4, -0.2) is 44.9 Å². The van der Waals surface area contributed by atoms with Gasteiger partial charge in [0.05, 0.1) is 16.9 Å². The van der Waals surface area contributed by atoms with Crippen molar-refractivity contribution in [3.05, 3.63) is 59.3 Å². The highest BCUT2D eigenvalue weighted by molar-refractivity contribution is 6.08. The highest BCUT2D eigenvalue weighted by Gasteiger charge is 2.33. The first-order valence-electron chi connectivity index (χ1n) is 11.2. The molecule has 2 amide bonds. The van der Waals surface area contributed by atoms with E-state index in [1.54, 1.807) is 10.5 Å². The Morgan fingerprint density at radius 2 is 1.77 bits per heavy atom. The summed E-state index contributed by atoms with van der Waals surface area (Å²) < 4.78 is 46.3. The predicted octanol–water partition coefficient (Wildman–Crippen LogP) is 4.42. The van der Waals surface area contributed by atoms with Gasteiger partial charge in [0.25, 0.3) is 11.8 Å². The Morgan fingerprint density at radius 3 is 2.43 bits per heavy atom. The number of pyridine rings is 2. The van der Waals surface area contributed by atoms with Crippen molar-refractivity contribution in [1.82, 2.24) is 19.7 Å². The van der Waals surface area contributed by atoms with Gasteiger partial charge < -0.3 is 19.8 Å². The summed E-state index contributed by atoms with van der Waals surface area (Å²) in [7, 11) is 0. The average molecular weight is 489 g/mol. The molecule has 0 radical (unpaired) electrons. The van der Waals surface area contributed by atoms with Crippen LogP contribution in [0.5, 0.6) is 0 Å². The molecule has 3 aromatic heterocycles. The highest BCUT2D eigenvalue weighted by Crippen LogP contribution is 2.29. The van der Waals surface area contributed by atoms with Gasteiger partial charge in [-0.15, -0.1) is 0 Å². The third-order valence-corrected chi connectivity index (χ3v) is 5.50. The number of carbonyl (C=O) groups excluding carboxylic acids is 2. The van der Waals surface area contributed by atoms with E-state index in [0.29, 0.717) is 18.9 Å². The minimum absolute atomic E-state index is 0.124. The van der Waals surface area contributed by atoms with Crippen LogP contribution in [0.4, 0.5) is 18.9 Å². The molecule has 1 aliphatic heterocycles. The number of hydrogen-bond acceptors (Lipinski definition) is 5. The van der Waals surface area contributed by atoms with Gasteiger partial charge in [-0.1, -0.05) is 6.07 Å². The van der Waals surface area contributed by atoms with Gasteiger partial charge in [0.1, 0.15) is 17.0 Å². The summed E-state index contributed by atoms with van der Waals surface area (Å²) in [6.45, 7) is 6.72. The lowest BCUT2D eigenvalue weighted by molar-refractivity contribution is -0.141. The molecule has 8 nitrogen and oxygen atoms in total. The number of rotatable bonds is 4. The smallest absolute Gasteiger partial charge is 0.381 e. The van der Waals surface area contributed by atoms with Crippen molar-refractivity contribution >= 4 is 23.1 Å². The topological polar surface area (TPSA) is 97.6 Å². The maximum absolute atomic E-state index is 13.1. The van der Waals surface area contributed by atoms with Gasteiger partial charge in [-0.25, -0.2) is 9.97 Å². The quantitative estimate of drug-likeness (QED) is 0.565. The van der Waals surface area contributed by atoms with Crippen LogP contribution in [0.25, 0.3) is 5.65 Å². The van der Waals surface area contributed by atoms with Gasteiger partial charge in [-0.05, 0) is 51.8 Å². The second-order valence-corrected chi connectivity index (χ2v) is 9.48. The second kappa shape index (κ2) is 9.29. The van der Waals surface area contributed by atoms with E-state index in [4.69, 9.17) is 4.74 Å². The summed E-state index contributed by atoms with van der Waals surface area (Å²) in [5.41, 5.74) is -0.538. The van der Waals surface area contributed by atoms with Crippen LogP contribution in [0.15, 0.2) is 36.7 Å². The number of aromatic nitrogens is 3. The summed E-state index contributed by atoms with van der Waals surface area (Å²) in [5, 5.41) is 5.40. The third-order valence-electron chi connectivity index (χ3n) is 5.50. The summed E-state index contributed by atoms with van der Waals surface area (Å²) in [5.74, 6) is -1.12. The molecule has 11 heteroatoms. The monoisotopic (exact) mass is 489 g/mol. The molecular formula is C24H26F3N5O3. The Balaban J connectivity index is 1.71. The number of nitrogens with one attached hydrogen (secondary N) is 2. The van der Waals surface area contributed by atoms with Crippen molar-refractivity contribution in [1.29, 1.82) is 0 Å². The van der Waals surface area contributed by atoms with Crippen LogP contribution in [0.2, 0.25) is 0 Å². The fourth-order valence-corrected chi connectivity index (χ4v) is 3.84. The first-order valence-corrected chi connectivity index (χ1v) is 11.2. The van der Waals surface area contributed by atoms with Gasteiger partial charge >= 0.3 is 6.18 Å². The van der Waals surface area contributed by atoms with Gasteiger partial charge in [0.15, 0.2) is 0 Å². The minimum atomic E-state index is -4.69. The van der Waals surface area contributed by atoms with E-state index in [9.17, 15) is 22.8 Å². The Bertz CT molecular complexity index is 1260. The van der Waals surface area contributed by atoms with Crippen LogP contribution in [0.3, 0.4) is 0 Å². The predicted molar refractivity (Wildman–Crippen MR) is 122 cm³/mol. The number of hydrogen-bond donors (Lipinski definition) is 2. The van der Waals surface area contributed by atoms with E-state index in [-0.39, 0.29) is 17.2 Å². The van der Waals surface area contributed by atoms with E-state index < -0.39 is 34.9 Å². The number of imidazole rings is 1. The first-order chi connectivity index (χ1) is 16.4. The van der Waals surface area contributed by atoms with E-state index >= 15 is 0 Å². The molecule has 0 aliphatic carbocycles. The van der Waals surface area contributed by atoms with Crippen molar-refractivity contribution in [3.63, 3.8) is 0 Å². The summed E-state index contributed by atoms with van der Waals surface area (Å²) >= 11 is 0. The fraction of sp³-hybridized carbons (Fsp3) is 0.417. The maximum atomic E-state index is 13.1. The molecule has 35 heavy (non-hydrogen) atoms. The number of anilines is 1. The summed E-state index contributed by atoms with van der Waals surface area (Å²) in [4.78, 5) is 34.0. The van der Waals surface area contributed by atoms with Crippen molar-refractivity contribution in [3.8, 4) is 0 Å². The number of alkyl halides is 3. The zero-order valence-corrected chi connectivity index (χ0v) is 19.6. The second-order valence-electron chi connectivity index (χ2n) is 9.48. The molecule has 2 N–H and O–H groups in total. The van der Waals surface area contributed by atoms with Crippen LogP contribution in [0, 0.1) is 0 Å². The molecule has 1 aliphatic rings. The lowest BCUT2D eigenvalue weighted by Crippen LogP contribution is -2.41. The molecule has 1 saturated heterocycles. The molecule has 0 saturated carbocycles. The molecule has 0 unspecified atom stereocenters. The van der Waals surface area contributed by atoms with E-state index in [1.165, 1.54) is 12.3 Å². The van der Waals surface area contributed by atoms with Gasteiger partial charge in [-0.2, -0.15) is 13.2 Å². The van der Waals surface area contributed by atoms with Crippen LogP contribution in [-0.2, 0) is 10.9 Å². The largest absolute Gasteiger partial charge is 0.433 e. The molecule has 4 rings (SSSR count). The van der Waals surface area contributed by atoms with Crippen molar-refractivity contribution in [2.75, 3.05) is 18.5 Å². The highest BCUT2D eigenvalue weighted by atomic mass is 19.4. The van der Waals surface area contributed by atoms with Crippen molar-refractivity contribution in [2.24, 2.45) is 0 Å². The molecule has 0 spiro atoms. The summed E-state index contributed by atoms with van der Waals surface area (Å²) in [6.07, 6.45) is 0.325. The zero-order valence-electron chi connectivity index (χ0n) is 19.6. The molecule has 0 bridgehead atoms. The van der Waals surface area contributed by atoms with Gasteiger partial charge in [0, 0.05) is 37.1 Å². The van der Waals surface area contributed by atoms with Crippen LogP contribution >= 0.6 is 0 Å². The van der Waals surface area contributed by atoms with Gasteiger partial charge in [0.2, 0.25) is 0 Å². The molecule has 0 atom stereocenters. The van der Waals surface area contributed by atoms with Crippen molar-refractivity contribution < 1.29 is 27.5 Å². The van der Waals surface area contributed by atoms with E-state index in [1.807, 2.05) is 27.0 Å². The van der Waals surface area contributed by atoms with E-state index in [0.717, 1.165) is 30.7 Å². The Morgan fingerprint density at radius 1 is 1.06 bits per heavy atom. The Labute approximate surface area is 199 Å². The number of fused-ring (bicyclic) bond motifs is 1. The van der Waals surface area contributed by atoms with Crippen molar-refractivity contribution in [2.45, 2.75) is 51.2 Å². The normalized spacial score (nSPS) is 15.3. The standard InChI is InChI=1S/C24H26F3N5O3/c1-23(2,3)31-21(33)15-11-20-29-17(14-7-9-35-10-8-14)12-32(20)13-18(15)30-22(34)16-5-4-6-19(28-16)24(25,26)27/h4-6,11-14H,7-10H2,1-3H3,(H,30,34)(H,31,33). The summed E-state index contributed by atoms with van der Waals surface area (Å²) in [6, 6.07) is 4.63. The zero-order chi connectivity index (χ0) is 25.4. The fourth-order valence-electron chi connectivity index (χ4n) is 3.84. The number of ether oxygens (including phenoxy) is 1. The third kappa shape index (κ3) is 5.79. The average Bonchev–Trinajstić information content (AvgIpc) is 3.20. The van der Waals surface area contributed by atoms with Crippen LogP contribution in [0.1, 0.15) is 71.8 Å². The molecule has 0 aromatic carbocycles. The lowest BCUT2D eigenvalue weighted by Gasteiger charge is -2.21. The maximum Gasteiger partial charge on any atom is 0.433 e. The van der Waals surface area contributed by atoms with E-state index in [2.05, 4.69) is 20.6 Å². The first kappa shape index (κ1) is 24.6. The van der Waals surface area contributed by atoms with Crippen LogP contribution < -0.4 is 10.6 Å². The minimum Gasteiger partial charge on any atom is -0.381 e. The number of nitrogens with zero attached hydrogens (tertiary/aromatic N) is 3. The molecule has 3 aromatic rings.